The van der Waals surface area contributed by atoms with Crippen molar-refractivity contribution in [1.29, 1.82) is 0 Å². The molecule has 0 aliphatic heterocycles. The van der Waals surface area contributed by atoms with Gasteiger partial charge in [-0.15, -0.1) is 6.58 Å². The maximum absolute atomic E-state index is 12.2. The average molecular weight is 309 g/mol. The quantitative estimate of drug-likeness (QED) is 0.804. The van der Waals surface area contributed by atoms with Crippen LogP contribution < -0.4 is 10.6 Å². The summed E-state index contributed by atoms with van der Waals surface area (Å²) < 4.78 is 0. The van der Waals surface area contributed by atoms with Crippen LogP contribution in [-0.2, 0) is 6.54 Å². The fraction of sp³-hybridized carbons (Fsp3) is 0.167. The molecule has 0 unspecified atom stereocenters. The van der Waals surface area contributed by atoms with Gasteiger partial charge >= 0.3 is 0 Å². The van der Waals surface area contributed by atoms with Crippen LogP contribution in [0.3, 0.4) is 0 Å². The Labute approximate surface area is 135 Å². The van der Waals surface area contributed by atoms with E-state index < -0.39 is 0 Å². The van der Waals surface area contributed by atoms with E-state index in [0.29, 0.717) is 24.2 Å². The lowest BCUT2D eigenvalue weighted by Crippen LogP contribution is -2.26. The van der Waals surface area contributed by atoms with Crippen molar-refractivity contribution in [2.45, 2.75) is 13.5 Å². The lowest BCUT2D eigenvalue weighted by Gasteiger charge is -2.07. The van der Waals surface area contributed by atoms with Gasteiger partial charge in [-0.2, -0.15) is 0 Å². The summed E-state index contributed by atoms with van der Waals surface area (Å²) in [6, 6.07) is 9.43. The zero-order chi connectivity index (χ0) is 16.7. The molecule has 2 N–H and O–H groups in total. The first-order valence-electron chi connectivity index (χ1n) is 7.28. The van der Waals surface area contributed by atoms with Crippen LogP contribution >= 0.6 is 0 Å². The molecule has 118 valence electrons. The van der Waals surface area contributed by atoms with Crippen molar-refractivity contribution in [1.82, 2.24) is 15.6 Å². The van der Waals surface area contributed by atoms with Crippen LogP contribution in [-0.4, -0.2) is 23.3 Å². The highest BCUT2D eigenvalue weighted by atomic mass is 16.2. The van der Waals surface area contributed by atoms with Crippen LogP contribution in [0.15, 0.2) is 55.4 Å². The van der Waals surface area contributed by atoms with E-state index in [1.165, 1.54) is 18.5 Å². The molecule has 0 spiro atoms. The van der Waals surface area contributed by atoms with Crippen LogP contribution in [0.5, 0.6) is 0 Å². The minimum Gasteiger partial charge on any atom is -0.349 e. The summed E-state index contributed by atoms with van der Waals surface area (Å²) in [7, 11) is 0. The molecule has 0 saturated heterocycles. The normalized spacial score (nSPS) is 9.96. The van der Waals surface area contributed by atoms with Gasteiger partial charge in [-0.3, -0.25) is 14.6 Å². The molecule has 5 heteroatoms. The topological polar surface area (TPSA) is 71.1 Å². The first-order valence-corrected chi connectivity index (χ1v) is 7.28. The number of benzene rings is 1. The molecule has 1 aromatic heterocycles. The Morgan fingerprint density at radius 2 is 1.83 bits per heavy atom. The summed E-state index contributed by atoms with van der Waals surface area (Å²) >= 11 is 0. The minimum atomic E-state index is -0.286. The average Bonchev–Trinajstić information content (AvgIpc) is 2.57. The summed E-state index contributed by atoms with van der Waals surface area (Å²) in [5, 5.41) is 5.48. The lowest BCUT2D eigenvalue weighted by molar-refractivity contribution is 0.0950. The summed E-state index contributed by atoms with van der Waals surface area (Å²) in [6.07, 6.45) is 4.45. The third-order valence-electron chi connectivity index (χ3n) is 3.21. The Bertz CT molecular complexity index is 726. The largest absolute Gasteiger partial charge is 0.349 e. The van der Waals surface area contributed by atoms with Gasteiger partial charge in [0.05, 0.1) is 11.1 Å². The van der Waals surface area contributed by atoms with Gasteiger partial charge < -0.3 is 10.6 Å². The monoisotopic (exact) mass is 309 g/mol. The molecule has 23 heavy (non-hydrogen) atoms. The molecule has 0 saturated carbocycles. The second kappa shape index (κ2) is 7.89. The number of hydrogen-bond donors (Lipinski definition) is 2. The fourth-order valence-corrected chi connectivity index (χ4v) is 2.06. The highest BCUT2D eigenvalue weighted by Gasteiger charge is 2.10. The first-order chi connectivity index (χ1) is 11.1. The SMILES string of the molecule is C=CCNC(=O)c1cncc(C(=O)NCc2cccc(C)c2)c1. The number of aromatic nitrogens is 1. The van der Waals surface area contributed by atoms with Gasteiger partial charge in [0.15, 0.2) is 0 Å². The molecule has 5 nitrogen and oxygen atoms in total. The van der Waals surface area contributed by atoms with Crippen molar-refractivity contribution in [3.05, 3.63) is 77.6 Å². The molecule has 0 atom stereocenters. The number of pyridine rings is 1. The lowest BCUT2D eigenvalue weighted by atomic mass is 10.1. The number of nitrogens with zero attached hydrogens (tertiary/aromatic N) is 1. The van der Waals surface area contributed by atoms with Crippen molar-refractivity contribution in [3.63, 3.8) is 0 Å². The van der Waals surface area contributed by atoms with Gasteiger partial charge in [0.25, 0.3) is 11.8 Å². The van der Waals surface area contributed by atoms with Crippen molar-refractivity contribution in [3.8, 4) is 0 Å². The molecule has 2 aromatic rings. The van der Waals surface area contributed by atoms with E-state index in [0.717, 1.165) is 11.1 Å². The number of hydrogen-bond acceptors (Lipinski definition) is 3. The maximum atomic E-state index is 12.2. The van der Waals surface area contributed by atoms with Gasteiger partial charge in [0.2, 0.25) is 0 Å². The van der Waals surface area contributed by atoms with Gasteiger partial charge in [0.1, 0.15) is 0 Å². The summed E-state index contributed by atoms with van der Waals surface area (Å²) in [5.41, 5.74) is 2.85. The molecule has 2 amide bonds. The Balaban J connectivity index is 2.02. The Morgan fingerprint density at radius 1 is 1.13 bits per heavy atom. The third-order valence-corrected chi connectivity index (χ3v) is 3.21. The number of nitrogens with one attached hydrogen (secondary N) is 2. The summed E-state index contributed by atoms with van der Waals surface area (Å²) in [4.78, 5) is 28.0. The molecule has 0 aliphatic carbocycles. The smallest absolute Gasteiger partial charge is 0.253 e. The number of amides is 2. The van der Waals surface area contributed by atoms with E-state index in [-0.39, 0.29) is 11.8 Å². The molecule has 0 fully saturated rings. The van der Waals surface area contributed by atoms with Gasteiger partial charge in [0, 0.05) is 25.5 Å². The Hall–Kier alpha value is -2.95. The second-order valence-electron chi connectivity index (χ2n) is 5.13. The Morgan fingerprint density at radius 3 is 2.48 bits per heavy atom. The number of carbonyl (C=O) groups excluding carboxylic acids is 2. The van der Waals surface area contributed by atoms with Crippen molar-refractivity contribution in [2.24, 2.45) is 0 Å². The molecule has 2 rings (SSSR count). The van der Waals surface area contributed by atoms with Gasteiger partial charge in [-0.05, 0) is 18.6 Å². The highest BCUT2D eigenvalue weighted by Crippen LogP contribution is 2.06. The third kappa shape index (κ3) is 4.78. The van der Waals surface area contributed by atoms with E-state index in [4.69, 9.17) is 0 Å². The molecule has 0 bridgehead atoms. The molecule has 1 heterocycles. The summed E-state index contributed by atoms with van der Waals surface area (Å²) in [5.74, 6) is -0.553. The molecule has 0 aliphatic rings. The second-order valence-corrected chi connectivity index (χ2v) is 5.13. The van der Waals surface area contributed by atoms with Gasteiger partial charge in [-0.25, -0.2) is 0 Å². The predicted octanol–water partition coefficient (Wildman–Crippen LogP) is 2.24. The molecular formula is C18H19N3O2. The van der Waals surface area contributed by atoms with Crippen molar-refractivity contribution >= 4 is 11.8 Å². The van der Waals surface area contributed by atoms with E-state index in [1.54, 1.807) is 6.08 Å². The fourth-order valence-electron chi connectivity index (χ4n) is 2.06. The highest BCUT2D eigenvalue weighted by molar-refractivity contribution is 5.99. The molecule has 1 aromatic carbocycles. The maximum Gasteiger partial charge on any atom is 0.253 e. The Kier molecular flexibility index (Phi) is 5.63. The number of rotatable bonds is 6. The van der Waals surface area contributed by atoms with Crippen molar-refractivity contribution < 1.29 is 9.59 Å². The zero-order valence-corrected chi connectivity index (χ0v) is 13.0. The van der Waals surface area contributed by atoms with Crippen LogP contribution in [0, 0.1) is 6.92 Å². The number of aryl methyl sites for hydroxylation is 1. The van der Waals surface area contributed by atoms with E-state index in [1.807, 2.05) is 31.2 Å². The van der Waals surface area contributed by atoms with Crippen LogP contribution in [0.2, 0.25) is 0 Å². The zero-order valence-electron chi connectivity index (χ0n) is 13.0. The predicted molar refractivity (Wildman–Crippen MR) is 89.1 cm³/mol. The van der Waals surface area contributed by atoms with E-state index >= 15 is 0 Å². The van der Waals surface area contributed by atoms with Crippen molar-refractivity contribution in [2.75, 3.05) is 6.54 Å². The molecular weight excluding hydrogens is 290 g/mol. The first kappa shape index (κ1) is 16.4. The van der Waals surface area contributed by atoms with Crippen LogP contribution in [0.1, 0.15) is 31.8 Å². The number of carbonyl (C=O) groups is 2. The van der Waals surface area contributed by atoms with Gasteiger partial charge in [-0.1, -0.05) is 35.9 Å². The minimum absolute atomic E-state index is 0.266. The van der Waals surface area contributed by atoms with E-state index in [2.05, 4.69) is 22.2 Å². The van der Waals surface area contributed by atoms with Crippen LogP contribution in [0.25, 0.3) is 0 Å². The summed E-state index contributed by atoms with van der Waals surface area (Å²) in [6.45, 7) is 6.33. The molecule has 0 radical (unpaired) electrons. The standard InChI is InChI=1S/C18H19N3O2/c1-3-7-20-17(22)15-9-16(12-19-11-15)18(23)21-10-14-6-4-5-13(2)8-14/h3-6,8-9,11-12H,1,7,10H2,2H3,(H,20,22)(H,21,23). The van der Waals surface area contributed by atoms with E-state index in [9.17, 15) is 9.59 Å². The van der Waals surface area contributed by atoms with Crippen LogP contribution in [0.4, 0.5) is 0 Å².